The van der Waals surface area contributed by atoms with Crippen LogP contribution in [-0.4, -0.2) is 36.3 Å². The molecule has 0 saturated carbocycles. The molecule has 0 radical (unpaired) electrons. The molecule has 3 heteroatoms. The molecule has 0 aromatic carbocycles. The average Bonchev–Trinajstić information content (AvgIpc) is 2.39. The van der Waals surface area contributed by atoms with Crippen LogP contribution in [0.1, 0.15) is 79.1 Å². The fraction of sp³-hybridized carbons (Fsp3) is 1.00. The summed E-state index contributed by atoms with van der Waals surface area (Å²) in [5, 5.41) is 20.4. The van der Waals surface area contributed by atoms with Gasteiger partial charge < -0.3 is 10.2 Å². The Morgan fingerprint density at radius 1 is 0.684 bits per heavy atom. The Balaban J connectivity index is -0.000000256. The van der Waals surface area contributed by atoms with Crippen molar-refractivity contribution in [3.05, 3.63) is 0 Å². The summed E-state index contributed by atoms with van der Waals surface area (Å²) in [4.78, 5) is 0. The number of unbranched alkanes of at least 4 members (excludes halogenated alkanes) is 4. The van der Waals surface area contributed by atoms with Crippen LogP contribution in [0.5, 0.6) is 0 Å². The summed E-state index contributed by atoms with van der Waals surface area (Å²) in [6, 6.07) is 0. The Bertz CT molecular complexity index is 127. The number of hydrogen-bond donors (Lipinski definition) is 0. The Labute approximate surface area is 137 Å². The van der Waals surface area contributed by atoms with Crippen molar-refractivity contribution in [2.45, 2.75) is 79.1 Å². The van der Waals surface area contributed by atoms with Crippen molar-refractivity contribution in [2.75, 3.05) is 13.2 Å². The average molecular weight is 283 g/mol. The Morgan fingerprint density at radius 3 is 1.21 bits per heavy atom. The van der Waals surface area contributed by atoms with Crippen molar-refractivity contribution in [1.29, 1.82) is 0 Å². The first-order valence-corrected chi connectivity index (χ1v) is 7.78. The SMILES string of the molecule is CCCCCC(C)C[O-].CCCCCC(C)C[O-].[Mg+2]. The van der Waals surface area contributed by atoms with E-state index in [1.165, 1.54) is 38.5 Å². The van der Waals surface area contributed by atoms with Crippen LogP contribution in [0.25, 0.3) is 0 Å². The largest absolute Gasteiger partial charge is 2.00 e. The van der Waals surface area contributed by atoms with Crippen molar-refractivity contribution in [1.82, 2.24) is 0 Å². The fourth-order valence-electron chi connectivity index (χ4n) is 1.65. The van der Waals surface area contributed by atoms with Gasteiger partial charge in [0, 0.05) is 0 Å². The zero-order valence-electron chi connectivity index (χ0n) is 13.7. The molecule has 2 nitrogen and oxygen atoms in total. The molecule has 0 aliphatic carbocycles. The maximum absolute atomic E-state index is 10.2. The van der Waals surface area contributed by atoms with E-state index in [0.29, 0.717) is 11.8 Å². The summed E-state index contributed by atoms with van der Waals surface area (Å²) in [5.74, 6) is 0.799. The minimum atomic E-state index is 0. The molecule has 0 rings (SSSR count). The van der Waals surface area contributed by atoms with Gasteiger partial charge in [0.1, 0.15) is 0 Å². The van der Waals surface area contributed by atoms with E-state index in [1.54, 1.807) is 0 Å². The molecule has 0 aliphatic heterocycles. The predicted molar refractivity (Wildman–Crippen MR) is 82.1 cm³/mol. The van der Waals surface area contributed by atoms with Crippen LogP contribution in [-0.2, 0) is 0 Å². The van der Waals surface area contributed by atoms with E-state index >= 15 is 0 Å². The number of hydrogen-bond acceptors (Lipinski definition) is 2. The van der Waals surface area contributed by atoms with E-state index in [4.69, 9.17) is 0 Å². The van der Waals surface area contributed by atoms with Crippen molar-refractivity contribution >= 4 is 23.1 Å². The smallest absolute Gasteiger partial charge is 0.854 e. The summed E-state index contributed by atoms with van der Waals surface area (Å²) in [5.41, 5.74) is 0. The first-order valence-electron chi connectivity index (χ1n) is 7.78. The summed E-state index contributed by atoms with van der Waals surface area (Å²) in [6.45, 7) is 8.63. The molecule has 2 atom stereocenters. The van der Waals surface area contributed by atoms with Gasteiger partial charge in [0.15, 0.2) is 0 Å². The van der Waals surface area contributed by atoms with Gasteiger partial charge in [-0.15, -0.1) is 13.2 Å². The minimum absolute atomic E-state index is 0. The third-order valence-corrected chi connectivity index (χ3v) is 3.17. The van der Waals surface area contributed by atoms with Gasteiger partial charge in [0.05, 0.1) is 0 Å². The van der Waals surface area contributed by atoms with E-state index < -0.39 is 0 Å². The third-order valence-electron chi connectivity index (χ3n) is 3.17. The van der Waals surface area contributed by atoms with Gasteiger partial charge in [-0.3, -0.25) is 0 Å². The fourth-order valence-corrected chi connectivity index (χ4v) is 1.65. The molecule has 0 N–H and O–H groups in total. The van der Waals surface area contributed by atoms with Gasteiger partial charge >= 0.3 is 23.1 Å². The molecule has 0 aliphatic rings. The summed E-state index contributed by atoms with van der Waals surface area (Å²) >= 11 is 0. The monoisotopic (exact) mass is 282 g/mol. The molecule has 0 aromatic heterocycles. The molecule has 112 valence electrons. The Morgan fingerprint density at radius 2 is 1.00 bits per heavy atom. The van der Waals surface area contributed by atoms with Crippen molar-refractivity contribution in [3.8, 4) is 0 Å². The second-order valence-electron chi connectivity index (χ2n) is 5.54. The van der Waals surface area contributed by atoms with Crippen molar-refractivity contribution in [2.24, 2.45) is 11.8 Å². The Kier molecular flexibility index (Phi) is 27.3. The summed E-state index contributed by atoms with van der Waals surface area (Å²) in [7, 11) is 0. The molecular weight excluding hydrogens is 248 g/mol. The molecular formula is C16H34MgO2. The van der Waals surface area contributed by atoms with Crippen LogP contribution in [0.2, 0.25) is 0 Å². The van der Waals surface area contributed by atoms with Crippen LogP contribution >= 0.6 is 0 Å². The molecule has 0 heterocycles. The minimum Gasteiger partial charge on any atom is -0.854 e. The first kappa shape index (κ1) is 24.7. The van der Waals surface area contributed by atoms with Crippen LogP contribution in [0.15, 0.2) is 0 Å². The van der Waals surface area contributed by atoms with Gasteiger partial charge in [-0.1, -0.05) is 90.9 Å². The standard InChI is InChI=1S/2C8H17O.Mg/c2*1-3-4-5-6-8(2)7-9;/h2*8H,3-7H2,1-2H3;/q2*-1;+2. The zero-order valence-corrected chi connectivity index (χ0v) is 15.2. The van der Waals surface area contributed by atoms with Gasteiger partial charge in [-0.2, -0.15) is 0 Å². The maximum Gasteiger partial charge on any atom is 2.00 e. The van der Waals surface area contributed by atoms with Crippen LogP contribution in [0.4, 0.5) is 0 Å². The zero-order chi connectivity index (χ0) is 14.2. The third kappa shape index (κ3) is 24.1. The molecule has 0 bridgehead atoms. The summed E-state index contributed by atoms with van der Waals surface area (Å²) < 4.78 is 0. The second kappa shape index (κ2) is 21.0. The van der Waals surface area contributed by atoms with E-state index in [-0.39, 0.29) is 36.3 Å². The van der Waals surface area contributed by atoms with E-state index in [0.717, 1.165) is 12.8 Å². The first-order chi connectivity index (χ1) is 8.62. The second-order valence-corrected chi connectivity index (χ2v) is 5.54. The van der Waals surface area contributed by atoms with Gasteiger partial charge in [0.25, 0.3) is 0 Å². The Hall–Kier alpha value is 0.686. The molecule has 0 aromatic rings. The molecule has 0 saturated heterocycles. The van der Waals surface area contributed by atoms with Crippen LogP contribution < -0.4 is 10.2 Å². The molecule has 0 fully saturated rings. The number of rotatable bonds is 10. The van der Waals surface area contributed by atoms with E-state index in [2.05, 4.69) is 13.8 Å². The van der Waals surface area contributed by atoms with Gasteiger partial charge in [0.2, 0.25) is 0 Å². The van der Waals surface area contributed by atoms with E-state index in [9.17, 15) is 10.2 Å². The topological polar surface area (TPSA) is 46.1 Å². The van der Waals surface area contributed by atoms with Gasteiger partial charge in [-0.05, 0) is 0 Å². The van der Waals surface area contributed by atoms with E-state index in [1.807, 2.05) is 13.8 Å². The normalized spacial score (nSPS) is 12.9. The quantitative estimate of drug-likeness (QED) is 0.457. The van der Waals surface area contributed by atoms with Gasteiger partial charge in [-0.25, -0.2) is 0 Å². The molecule has 19 heavy (non-hydrogen) atoms. The molecule has 0 spiro atoms. The predicted octanol–water partition coefficient (Wildman–Crippen LogP) is 2.75. The molecule has 0 amide bonds. The van der Waals surface area contributed by atoms with Crippen molar-refractivity contribution < 1.29 is 10.2 Å². The maximum atomic E-state index is 10.2. The van der Waals surface area contributed by atoms with Crippen molar-refractivity contribution in [3.63, 3.8) is 0 Å². The summed E-state index contributed by atoms with van der Waals surface area (Å²) in [6.07, 6.45) is 9.79. The molecule has 2 unspecified atom stereocenters. The van der Waals surface area contributed by atoms with Crippen LogP contribution in [0, 0.1) is 11.8 Å². The van der Waals surface area contributed by atoms with Crippen LogP contribution in [0.3, 0.4) is 0 Å².